The molecule has 0 spiro atoms. The highest BCUT2D eigenvalue weighted by Gasteiger charge is 2.16. The summed E-state index contributed by atoms with van der Waals surface area (Å²) < 4.78 is 33.5. The SMILES string of the molecule is COC(=O)c1cc(OC(F)F)c2cc(O)ccc2n1. The molecule has 100 valence electrons. The van der Waals surface area contributed by atoms with E-state index in [9.17, 15) is 18.7 Å². The van der Waals surface area contributed by atoms with Crippen LogP contribution < -0.4 is 4.74 Å². The maximum atomic E-state index is 12.3. The van der Waals surface area contributed by atoms with Crippen LogP contribution in [0, 0.1) is 0 Å². The Balaban J connectivity index is 2.65. The molecule has 0 unspecified atom stereocenters. The molecule has 0 saturated heterocycles. The Bertz CT molecular complexity index is 630. The van der Waals surface area contributed by atoms with Crippen LogP contribution in [-0.2, 0) is 4.74 Å². The van der Waals surface area contributed by atoms with Gasteiger partial charge in [-0.25, -0.2) is 9.78 Å². The van der Waals surface area contributed by atoms with E-state index in [0.29, 0.717) is 0 Å². The number of fused-ring (bicyclic) bond motifs is 1. The first kappa shape index (κ1) is 13.0. The van der Waals surface area contributed by atoms with Crippen molar-refractivity contribution in [3.8, 4) is 11.5 Å². The largest absolute Gasteiger partial charge is 0.508 e. The minimum Gasteiger partial charge on any atom is -0.508 e. The van der Waals surface area contributed by atoms with E-state index >= 15 is 0 Å². The van der Waals surface area contributed by atoms with Crippen molar-refractivity contribution in [1.29, 1.82) is 0 Å². The second-order valence-electron chi connectivity index (χ2n) is 3.58. The van der Waals surface area contributed by atoms with E-state index in [1.807, 2.05) is 0 Å². The fourth-order valence-corrected chi connectivity index (χ4v) is 1.59. The minimum absolute atomic E-state index is 0.126. The number of hydrogen-bond donors (Lipinski definition) is 1. The first-order chi connectivity index (χ1) is 9.01. The van der Waals surface area contributed by atoms with Gasteiger partial charge in [0.1, 0.15) is 11.5 Å². The molecule has 1 aromatic heterocycles. The molecule has 0 radical (unpaired) electrons. The lowest BCUT2D eigenvalue weighted by Gasteiger charge is -2.10. The monoisotopic (exact) mass is 269 g/mol. The van der Waals surface area contributed by atoms with Crippen LogP contribution in [0.3, 0.4) is 0 Å². The Morgan fingerprint density at radius 2 is 2.11 bits per heavy atom. The number of methoxy groups -OCH3 is 1. The predicted molar refractivity (Wildman–Crippen MR) is 61.4 cm³/mol. The molecule has 1 heterocycles. The average molecular weight is 269 g/mol. The topological polar surface area (TPSA) is 68.7 Å². The van der Waals surface area contributed by atoms with Gasteiger partial charge in [-0.2, -0.15) is 8.78 Å². The Morgan fingerprint density at radius 1 is 1.37 bits per heavy atom. The number of aromatic hydroxyl groups is 1. The van der Waals surface area contributed by atoms with Crippen LogP contribution in [0.5, 0.6) is 11.5 Å². The number of carbonyl (C=O) groups excluding carboxylic acids is 1. The number of phenols is 1. The van der Waals surface area contributed by atoms with Crippen molar-refractivity contribution in [2.75, 3.05) is 7.11 Å². The van der Waals surface area contributed by atoms with Crippen LogP contribution >= 0.6 is 0 Å². The second kappa shape index (κ2) is 5.05. The number of halogens is 2. The summed E-state index contributed by atoms with van der Waals surface area (Å²) >= 11 is 0. The Kier molecular flexibility index (Phi) is 3.46. The smallest absolute Gasteiger partial charge is 0.387 e. The molecule has 0 atom stereocenters. The van der Waals surface area contributed by atoms with Gasteiger partial charge in [-0.05, 0) is 18.2 Å². The molecular weight excluding hydrogens is 260 g/mol. The molecule has 0 aliphatic heterocycles. The summed E-state index contributed by atoms with van der Waals surface area (Å²) in [6.45, 7) is -3.06. The number of phenolic OH excluding ortho intramolecular Hbond substituents is 1. The zero-order valence-corrected chi connectivity index (χ0v) is 9.76. The predicted octanol–water partition coefficient (Wildman–Crippen LogP) is 2.33. The standard InChI is InChI=1S/C12H9F2NO4/c1-18-11(17)9-5-10(19-12(13)14)7-4-6(16)2-3-8(7)15-9/h2-5,12,16H,1H3. The zero-order valence-electron chi connectivity index (χ0n) is 9.76. The van der Waals surface area contributed by atoms with E-state index in [0.717, 1.165) is 13.2 Å². The quantitative estimate of drug-likeness (QED) is 0.866. The maximum Gasteiger partial charge on any atom is 0.387 e. The fraction of sp³-hybridized carbons (Fsp3) is 0.167. The number of benzene rings is 1. The van der Waals surface area contributed by atoms with E-state index in [-0.39, 0.29) is 28.1 Å². The fourth-order valence-electron chi connectivity index (χ4n) is 1.59. The lowest BCUT2D eigenvalue weighted by molar-refractivity contribution is -0.0489. The molecule has 2 rings (SSSR count). The summed E-state index contributed by atoms with van der Waals surface area (Å²) in [7, 11) is 1.15. The summed E-state index contributed by atoms with van der Waals surface area (Å²) in [6.07, 6.45) is 0. The highest BCUT2D eigenvalue weighted by atomic mass is 19.3. The molecule has 0 aliphatic carbocycles. The van der Waals surface area contributed by atoms with Gasteiger partial charge in [0.15, 0.2) is 5.69 Å². The number of aromatic nitrogens is 1. The van der Waals surface area contributed by atoms with Gasteiger partial charge in [0, 0.05) is 11.5 Å². The number of rotatable bonds is 3. The number of alkyl halides is 2. The average Bonchev–Trinajstić information content (AvgIpc) is 2.37. The highest BCUT2D eigenvalue weighted by Crippen LogP contribution is 2.29. The van der Waals surface area contributed by atoms with Gasteiger partial charge in [-0.1, -0.05) is 0 Å². The third kappa shape index (κ3) is 2.70. The van der Waals surface area contributed by atoms with E-state index in [1.54, 1.807) is 0 Å². The molecule has 1 aromatic carbocycles. The number of pyridine rings is 1. The first-order valence-electron chi connectivity index (χ1n) is 5.18. The first-order valence-corrected chi connectivity index (χ1v) is 5.18. The number of hydrogen-bond acceptors (Lipinski definition) is 5. The number of ether oxygens (including phenoxy) is 2. The van der Waals surface area contributed by atoms with Crippen molar-refractivity contribution in [3.63, 3.8) is 0 Å². The van der Waals surface area contributed by atoms with Crippen LogP contribution in [-0.4, -0.2) is 29.8 Å². The van der Waals surface area contributed by atoms with Crippen molar-refractivity contribution in [2.45, 2.75) is 6.61 Å². The van der Waals surface area contributed by atoms with Crippen molar-refractivity contribution >= 4 is 16.9 Å². The Labute approximate surface area is 106 Å². The summed E-state index contributed by atoms with van der Waals surface area (Å²) in [5.74, 6) is -1.15. The van der Waals surface area contributed by atoms with E-state index in [4.69, 9.17) is 0 Å². The Morgan fingerprint density at radius 3 is 2.74 bits per heavy atom. The van der Waals surface area contributed by atoms with Crippen molar-refractivity contribution < 1.29 is 28.2 Å². The molecule has 0 bridgehead atoms. The normalized spacial score (nSPS) is 10.7. The van der Waals surface area contributed by atoms with Crippen molar-refractivity contribution in [3.05, 3.63) is 30.0 Å². The van der Waals surface area contributed by atoms with Gasteiger partial charge in [0.05, 0.1) is 12.6 Å². The van der Waals surface area contributed by atoms with Crippen LogP contribution in [0.1, 0.15) is 10.5 Å². The number of nitrogens with zero attached hydrogens (tertiary/aromatic N) is 1. The van der Waals surface area contributed by atoms with E-state index in [1.165, 1.54) is 18.2 Å². The van der Waals surface area contributed by atoms with Crippen LogP contribution in [0.2, 0.25) is 0 Å². The van der Waals surface area contributed by atoms with Crippen molar-refractivity contribution in [1.82, 2.24) is 4.98 Å². The Hall–Kier alpha value is -2.44. The third-order valence-corrected chi connectivity index (χ3v) is 2.36. The number of carbonyl (C=O) groups is 1. The lowest BCUT2D eigenvalue weighted by atomic mass is 10.1. The van der Waals surface area contributed by atoms with Gasteiger partial charge in [-0.15, -0.1) is 0 Å². The van der Waals surface area contributed by atoms with Crippen LogP contribution in [0.15, 0.2) is 24.3 Å². The van der Waals surface area contributed by atoms with Crippen molar-refractivity contribution in [2.24, 2.45) is 0 Å². The molecule has 19 heavy (non-hydrogen) atoms. The minimum atomic E-state index is -3.06. The molecule has 5 nitrogen and oxygen atoms in total. The number of esters is 1. The molecule has 1 N–H and O–H groups in total. The molecular formula is C12H9F2NO4. The molecule has 0 saturated carbocycles. The zero-order chi connectivity index (χ0) is 14.0. The molecule has 0 aliphatic rings. The summed E-state index contributed by atoms with van der Waals surface area (Å²) in [6, 6.07) is 4.97. The van der Waals surface area contributed by atoms with Gasteiger partial charge in [0.2, 0.25) is 0 Å². The van der Waals surface area contributed by atoms with Gasteiger partial charge in [-0.3, -0.25) is 0 Å². The highest BCUT2D eigenvalue weighted by molar-refractivity contribution is 5.94. The van der Waals surface area contributed by atoms with E-state index in [2.05, 4.69) is 14.5 Å². The van der Waals surface area contributed by atoms with E-state index < -0.39 is 12.6 Å². The maximum absolute atomic E-state index is 12.3. The van der Waals surface area contributed by atoms with Gasteiger partial charge < -0.3 is 14.6 Å². The second-order valence-corrected chi connectivity index (χ2v) is 3.58. The lowest BCUT2D eigenvalue weighted by Crippen LogP contribution is -2.08. The summed E-state index contributed by atoms with van der Waals surface area (Å²) in [4.78, 5) is 15.3. The van der Waals surface area contributed by atoms with Gasteiger partial charge in [0.25, 0.3) is 0 Å². The van der Waals surface area contributed by atoms with Crippen LogP contribution in [0.25, 0.3) is 10.9 Å². The molecule has 0 amide bonds. The van der Waals surface area contributed by atoms with Crippen LogP contribution in [0.4, 0.5) is 8.78 Å². The third-order valence-electron chi connectivity index (χ3n) is 2.36. The molecule has 0 fully saturated rings. The summed E-state index contributed by atoms with van der Waals surface area (Å²) in [5, 5.41) is 9.53. The summed E-state index contributed by atoms with van der Waals surface area (Å²) in [5.41, 5.74) is 0.0766. The molecule has 7 heteroatoms. The van der Waals surface area contributed by atoms with Gasteiger partial charge >= 0.3 is 12.6 Å². The molecule has 2 aromatic rings.